The van der Waals surface area contributed by atoms with Crippen LogP contribution in [-0.2, 0) is 16.6 Å². The third kappa shape index (κ3) is 4.30. The molecule has 4 nitrogen and oxygen atoms in total. The molecule has 0 aliphatic carbocycles. The number of hydrogen-bond donors (Lipinski definition) is 2. The fourth-order valence-electron chi connectivity index (χ4n) is 2.42. The van der Waals surface area contributed by atoms with Gasteiger partial charge in [0.15, 0.2) is 0 Å². The molecular weight excluding hydrogens is 274 g/mol. The highest BCUT2D eigenvalue weighted by atomic mass is 32.2. The number of hydrogen-bond acceptors (Lipinski definition) is 3. The van der Waals surface area contributed by atoms with Crippen LogP contribution in [-0.4, -0.2) is 20.1 Å². The highest BCUT2D eigenvalue weighted by Gasteiger charge is 2.22. The van der Waals surface area contributed by atoms with Crippen molar-refractivity contribution >= 4 is 10.0 Å². The van der Waals surface area contributed by atoms with Gasteiger partial charge in [0, 0.05) is 6.54 Å². The molecule has 0 atom stereocenters. The Balaban J connectivity index is 2.90. The molecular formula is C15H25NO3S. The number of benzene rings is 1. The monoisotopic (exact) mass is 299 g/mol. The van der Waals surface area contributed by atoms with Gasteiger partial charge in [0.05, 0.1) is 11.5 Å². The highest BCUT2D eigenvalue weighted by Crippen LogP contribution is 2.21. The largest absolute Gasteiger partial charge is 0.392 e. The molecule has 0 aliphatic rings. The van der Waals surface area contributed by atoms with Gasteiger partial charge in [0.2, 0.25) is 10.0 Å². The molecule has 0 unspecified atom stereocenters. The molecule has 1 rings (SSSR count). The summed E-state index contributed by atoms with van der Waals surface area (Å²) in [6.07, 6.45) is 0. The van der Waals surface area contributed by atoms with E-state index in [1.54, 1.807) is 18.2 Å². The van der Waals surface area contributed by atoms with Crippen LogP contribution in [0.2, 0.25) is 0 Å². The third-order valence-electron chi connectivity index (χ3n) is 3.65. The molecule has 0 bridgehead atoms. The van der Waals surface area contributed by atoms with E-state index in [2.05, 4.69) is 32.4 Å². The Kier molecular flexibility index (Phi) is 6.17. The van der Waals surface area contributed by atoms with Gasteiger partial charge in [-0.1, -0.05) is 45.9 Å². The SMILES string of the molecule is CC(C)C(CNS(=O)(=O)c1ccccc1CO)C(C)C. The molecule has 20 heavy (non-hydrogen) atoms. The summed E-state index contributed by atoms with van der Waals surface area (Å²) in [6, 6.07) is 6.52. The number of aliphatic hydroxyl groups is 1. The van der Waals surface area contributed by atoms with Gasteiger partial charge in [-0.15, -0.1) is 0 Å². The molecule has 0 saturated carbocycles. The van der Waals surface area contributed by atoms with Gasteiger partial charge in [0.25, 0.3) is 0 Å². The molecule has 0 aromatic heterocycles. The number of rotatable bonds is 7. The minimum absolute atomic E-state index is 0.161. The molecule has 114 valence electrons. The van der Waals surface area contributed by atoms with Gasteiger partial charge in [-0.25, -0.2) is 13.1 Å². The van der Waals surface area contributed by atoms with Crippen LogP contribution in [0, 0.1) is 17.8 Å². The first-order chi connectivity index (χ1) is 9.29. The molecule has 0 aliphatic heterocycles. The predicted octanol–water partition coefficient (Wildman–Crippen LogP) is 2.39. The Hall–Kier alpha value is -0.910. The zero-order chi connectivity index (χ0) is 15.3. The molecule has 0 spiro atoms. The first-order valence-electron chi connectivity index (χ1n) is 6.98. The first-order valence-corrected chi connectivity index (χ1v) is 8.46. The van der Waals surface area contributed by atoms with Crippen molar-refractivity contribution < 1.29 is 13.5 Å². The number of sulfonamides is 1. The minimum Gasteiger partial charge on any atom is -0.392 e. The Labute approximate surface area is 122 Å². The molecule has 5 heteroatoms. The molecule has 0 heterocycles. The maximum atomic E-state index is 12.3. The lowest BCUT2D eigenvalue weighted by Crippen LogP contribution is -2.34. The highest BCUT2D eigenvalue weighted by molar-refractivity contribution is 7.89. The fraction of sp³-hybridized carbons (Fsp3) is 0.600. The Morgan fingerprint density at radius 3 is 2.15 bits per heavy atom. The van der Waals surface area contributed by atoms with E-state index in [0.29, 0.717) is 23.9 Å². The van der Waals surface area contributed by atoms with Crippen LogP contribution in [0.15, 0.2) is 29.2 Å². The van der Waals surface area contributed by atoms with E-state index in [-0.39, 0.29) is 17.4 Å². The van der Waals surface area contributed by atoms with Crippen LogP contribution < -0.4 is 4.72 Å². The van der Waals surface area contributed by atoms with E-state index >= 15 is 0 Å². The van der Waals surface area contributed by atoms with Crippen molar-refractivity contribution in [1.29, 1.82) is 0 Å². The van der Waals surface area contributed by atoms with Gasteiger partial charge in [-0.3, -0.25) is 0 Å². The van der Waals surface area contributed by atoms with E-state index in [4.69, 9.17) is 0 Å². The lowest BCUT2D eigenvalue weighted by Gasteiger charge is -2.25. The Bertz CT molecular complexity index is 516. The normalized spacial score (nSPS) is 12.6. The summed E-state index contributed by atoms with van der Waals surface area (Å²) in [5, 5.41) is 9.24. The molecule has 2 N–H and O–H groups in total. The van der Waals surface area contributed by atoms with Crippen LogP contribution in [0.1, 0.15) is 33.3 Å². The third-order valence-corrected chi connectivity index (χ3v) is 5.18. The van der Waals surface area contributed by atoms with Crippen molar-refractivity contribution in [2.75, 3.05) is 6.54 Å². The summed E-state index contributed by atoms with van der Waals surface area (Å²) in [5.41, 5.74) is 0.422. The van der Waals surface area contributed by atoms with Crippen LogP contribution in [0.25, 0.3) is 0 Å². The quantitative estimate of drug-likeness (QED) is 0.812. The van der Waals surface area contributed by atoms with Crippen LogP contribution in [0.5, 0.6) is 0 Å². The van der Waals surface area contributed by atoms with Crippen LogP contribution in [0.4, 0.5) is 0 Å². The van der Waals surface area contributed by atoms with Crippen molar-refractivity contribution in [2.45, 2.75) is 39.2 Å². The predicted molar refractivity (Wildman–Crippen MR) is 80.7 cm³/mol. The Morgan fingerprint density at radius 2 is 1.65 bits per heavy atom. The fourth-order valence-corrected chi connectivity index (χ4v) is 3.72. The zero-order valence-corrected chi connectivity index (χ0v) is 13.4. The average molecular weight is 299 g/mol. The second kappa shape index (κ2) is 7.20. The zero-order valence-electron chi connectivity index (χ0n) is 12.6. The standard InChI is InChI=1S/C15H25NO3S/c1-11(2)14(12(3)4)9-16-20(18,19)15-8-6-5-7-13(15)10-17/h5-8,11-12,14,16-17H,9-10H2,1-4H3. The van der Waals surface area contributed by atoms with E-state index in [9.17, 15) is 13.5 Å². The first kappa shape index (κ1) is 17.1. The van der Waals surface area contributed by atoms with Gasteiger partial charge in [-0.05, 0) is 29.4 Å². The second-order valence-corrected chi connectivity index (χ2v) is 7.50. The van der Waals surface area contributed by atoms with Gasteiger partial charge >= 0.3 is 0 Å². The molecule has 0 fully saturated rings. The molecule has 0 saturated heterocycles. The van der Waals surface area contributed by atoms with Crippen molar-refractivity contribution in [3.63, 3.8) is 0 Å². The summed E-state index contributed by atoms with van der Waals surface area (Å²) in [7, 11) is -3.58. The van der Waals surface area contributed by atoms with E-state index in [0.717, 1.165) is 0 Å². The van der Waals surface area contributed by atoms with Crippen LogP contribution in [0.3, 0.4) is 0 Å². The van der Waals surface area contributed by atoms with Crippen LogP contribution >= 0.6 is 0 Å². The minimum atomic E-state index is -3.58. The molecule has 0 radical (unpaired) electrons. The molecule has 1 aromatic rings. The van der Waals surface area contributed by atoms with E-state index < -0.39 is 10.0 Å². The van der Waals surface area contributed by atoms with Crippen molar-refractivity contribution in [3.05, 3.63) is 29.8 Å². The number of nitrogens with one attached hydrogen (secondary N) is 1. The maximum absolute atomic E-state index is 12.3. The van der Waals surface area contributed by atoms with Gasteiger partial charge < -0.3 is 5.11 Å². The van der Waals surface area contributed by atoms with Crippen molar-refractivity contribution in [3.8, 4) is 0 Å². The number of aliphatic hydroxyl groups excluding tert-OH is 1. The smallest absolute Gasteiger partial charge is 0.240 e. The summed E-state index contributed by atoms with van der Waals surface area (Å²) in [6.45, 7) is 8.52. The summed E-state index contributed by atoms with van der Waals surface area (Å²) < 4.78 is 27.4. The van der Waals surface area contributed by atoms with E-state index in [1.807, 2.05) is 0 Å². The Morgan fingerprint density at radius 1 is 1.10 bits per heavy atom. The summed E-state index contributed by atoms with van der Waals surface area (Å²) in [4.78, 5) is 0.161. The second-order valence-electron chi connectivity index (χ2n) is 5.77. The topological polar surface area (TPSA) is 66.4 Å². The maximum Gasteiger partial charge on any atom is 0.240 e. The lowest BCUT2D eigenvalue weighted by atomic mass is 9.86. The summed E-state index contributed by atoms with van der Waals surface area (Å²) in [5.74, 6) is 1.10. The van der Waals surface area contributed by atoms with E-state index in [1.165, 1.54) is 6.07 Å². The van der Waals surface area contributed by atoms with Gasteiger partial charge in [0.1, 0.15) is 0 Å². The molecule has 1 aromatic carbocycles. The average Bonchev–Trinajstić information content (AvgIpc) is 2.37. The summed E-state index contributed by atoms with van der Waals surface area (Å²) >= 11 is 0. The van der Waals surface area contributed by atoms with Crippen molar-refractivity contribution in [1.82, 2.24) is 4.72 Å². The molecule has 0 amide bonds. The van der Waals surface area contributed by atoms with Crippen molar-refractivity contribution in [2.24, 2.45) is 17.8 Å². The lowest BCUT2D eigenvalue weighted by molar-refractivity contribution is 0.278. The van der Waals surface area contributed by atoms with Gasteiger partial charge in [-0.2, -0.15) is 0 Å².